The zero-order valence-electron chi connectivity index (χ0n) is 10.7. The summed E-state index contributed by atoms with van der Waals surface area (Å²) in [5, 5.41) is 0. The molecule has 0 bridgehead atoms. The summed E-state index contributed by atoms with van der Waals surface area (Å²) >= 11 is 0. The zero-order valence-corrected chi connectivity index (χ0v) is 11.5. The van der Waals surface area contributed by atoms with E-state index in [9.17, 15) is 4.21 Å². The van der Waals surface area contributed by atoms with E-state index >= 15 is 0 Å². The largest absolute Gasteiger partial charge is 0.244 e. The Labute approximate surface area is 109 Å². The molecule has 1 atom stereocenters. The summed E-state index contributed by atoms with van der Waals surface area (Å²) in [6, 6.07) is 17.3. The van der Waals surface area contributed by atoms with Gasteiger partial charge in [-0.05, 0) is 31.2 Å². The lowest BCUT2D eigenvalue weighted by Gasteiger charge is -2.08. The number of aryl methyl sites for hydroxylation is 1. The maximum absolute atomic E-state index is 12.9. The van der Waals surface area contributed by atoms with Gasteiger partial charge >= 0.3 is 0 Å². The van der Waals surface area contributed by atoms with Crippen LogP contribution in [0.1, 0.15) is 12.5 Å². The third kappa shape index (κ3) is 2.79. The van der Waals surface area contributed by atoms with E-state index in [1.54, 1.807) is 0 Å². The van der Waals surface area contributed by atoms with Crippen molar-refractivity contribution in [3.8, 4) is 0 Å². The molecule has 3 heteroatoms. The van der Waals surface area contributed by atoms with Gasteiger partial charge in [-0.25, -0.2) is 4.21 Å². The highest BCUT2D eigenvalue weighted by Crippen LogP contribution is 2.21. The number of hydrogen-bond donors (Lipinski definition) is 0. The molecule has 1 unspecified atom stereocenters. The molecule has 0 spiro atoms. The summed E-state index contributed by atoms with van der Waals surface area (Å²) in [7, 11) is -2.35. The Kier molecular flexibility index (Phi) is 3.82. The van der Waals surface area contributed by atoms with Crippen molar-refractivity contribution in [2.24, 2.45) is 4.36 Å². The molecule has 2 aromatic carbocycles. The fraction of sp³-hybridized carbons (Fsp3) is 0.200. The Bertz CT molecular complexity index is 623. The summed E-state index contributed by atoms with van der Waals surface area (Å²) in [5.41, 5.74) is 1.93. The highest BCUT2D eigenvalue weighted by molar-refractivity contribution is 7.93. The maximum Gasteiger partial charge on any atom is 0.0797 e. The SMILES string of the molecule is CCS(=O)(=Nc1ccccc1)c1ccc(C)cc1. The molecule has 0 aliphatic heterocycles. The van der Waals surface area contributed by atoms with Gasteiger partial charge in [-0.2, -0.15) is 4.36 Å². The van der Waals surface area contributed by atoms with Crippen LogP contribution in [-0.2, 0) is 9.73 Å². The average molecular weight is 259 g/mol. The Morgan fingerprint density at radius 3 is 2.17 bits per heavy atom. The molecular weight excluding hydrogens is 242 g/mol. The maximum atomic E-state index is 12.9. The van der Waals surface area contributed by atoms with Crippen molar-refractivity contribution in [3.63, 3.8) is 0 Å². The Balaban J connectivity index is 2.52. The van der Waals surface area contributed by atoms with Crippen molar-refractivity contribution in [2.75, 3.05) is 5.75 Å². The minimum absolute atomic E-state index is 0.519. The molecule has 0 saturated carbocycles. The standard InChI is InChI=1S/C15H17NOS/c1-3-18(17,15-11-9-13(2)10-12-15)16-14-7-5-4-6-8-14/h4-12H,3H2,1-2H3. The lowest BCUT2D eigenvalue weighted by molar-refractivity contribution is 0.677. The Morgan fingerprint density at radius 1 is 1.00 bits per heavy atom. The second-order valence-corrected chi connectivity index (χ2v) is 6.68. The third-order valence-corrected chi connectivity index (χ3v) is 5.09. The normalized spacial score (nSPS) is 13.9. The van der Waals surface area contributed by atoms with Gasteiger partial charge in [0.05, 0.1) is 15.4 Å². The summed E-state index contributed by atoms with van der Waals surface area (Å²) in [6.45, 7) is 3.93. The summed E-state index contributed by atoms with van der Waals surface area (Å²) in [5.74, 6) is 0.519. The van der Waals surface area contributed by atoms with Crippen LogP contribution in [0.2, 0.25) is 0 Å². The molecule has 0 aliphatic carbocycles. The van der Waals surface area contributed by atoms with Gasteiger partial charge in [0.1, 0.15) is 0 Å². The molecule has 0 aromatic heterocycles. The second-order valence-electron chi connectivity index (χ2n) is 4.17. The minimum atomic E-state index is -2.35. The van der Waals surface area contributed by atoms with Gasteiger partial charge in [-0.3, -0.25) is 0 Å². The van der Waals surface area contributed by atoms with E-state index in [0.717, 1.165) is 16.1 Å². The van der Waals surface area contributed by atoms with Crippen LogP contribution in [0, 0.1) is 6.92 Å². The van der Waals surface area contributed by atoms with Gasteiger partial charge in [-0.15, -0.1) is 0 Å². The van der Waals surface area contributed by atoms with E-state index in [4.69, 9.17) is 0 Å². The van der Waals surface area contributed by atoms with Crippen LogP contribution in [0.15, 0.2) is 63.9 Å². The van der Waals surface area contributed by atoms with E-state index in [1.165, 1.54) is 0 Å². The topological polar surface area (TPSA) is 29.4 Å². The van der Waals surface area contributed by atoms with Crippen molar-refractivity contribution in [2.45, 2.75) is 18.7 Å². The molecule has 0 aliphatic rings. The van der Waals surface area contributed by atoms with Gasteiger partial charge in [-0.1, -0.05) is 42.8 Å². The molecule has 0 heterocycles. The van der Waals surface area contributed by atoms with Gasteiger partial charge in [0, 0.05) is 10.6 Å². The van der Waals surface area contributed by atoms with E-state index in [2.05, 4.69) is 4.36 Å². The molecule has 94 valence electrons. The van der Waals surface area contributed by atoms with Crippen LogP contribution in [0.25, 0.3) is 0 Å². The zero-order chi connectivity index (χ0) is 13.0. The molecule has 2 aromatic rings. The first kappa shape index (κ1) is 12.8. The molecule has 0 radical (unpaired) electrons. The molecule has 0 fully saturated rings. The minimum Gasteiger partial charge on any atom is -0.244 e. The number of rotatable bonds is 3. The van der Waals surface area contributed by atoms with Crippen LogP contribution in [0.4, 0.5) is 5.69 Å². The lowest BCUT2D eigenvalue weighted by Crippen LogP contribution is -2.03. The summed E-state index contributed by atoms with van der Waals surface area (Å²) in [6.07, 6.45) is 0. The number of nitrogens with zero attached hydrogens (tertiary/aromatic N) is 1. The van der Waals surface area contributed by atoms with Gasteiger partial charge in [0.15, 0.2) is 0 Å². The average Bonchev–Trinajstić information content (AvgIpc) is 2.40. The fourth-order valence-electron chi connectivity index (χ4n) is 1.69. The molecule has 0 N–H and O–H groups in total. The first-order chi connectivity index (χ1) is 8.64. The molecule has 18 heavy (non-hydrogen) atoms. The van der Waals surface area contributed by atoms with E-state index < -0.39 is 9.73 Å². The van der Waals surface area contributed by atoms with Crippen LogP contribution in [-0.4, -0.2) is 9.96 Å². The van der Waals surface area contributed by atoms with Crippen LogP contribution < -0.4 is 0 Å². The second kappa shape index (κ2) is 5.36. The predicted octanol–water partition coefficient (Wildman–Crippen LogP) is 4.17. The third-order valence-electron chi connectivity index (χ3n) is 2.79. The van der Waals surface area contributed by atoms with E-state index in [-0.39, 0.29) is 0 Å². The highest BCUT2D eigenvalue weighted by Gasteiger charge is 2.09. The molecule has 2 rings (SSSR count). The van der Waals surface area contributed by atoms with E-state index in [1.807, 2.05) is 68.4 Å². The van der Waals surface area contributed by atoms with Crippen molar-refractivity contribution < 1.29 is 4.21 Å². The molecule has 2 nitrogen and oxygen atoms in total. The van der Waals surface area contributed by atoms with Crippen LogP contribution >= 0.6 is 0 Å². The van der Waals surface area contributed by atoms with Gasteiger partial charge < -0.3 is 0 Å². The number of hydrogen-bond acceptors (Lipinski definition) is 2. The lowest BCUT2D eigenvalue weighted by atomic mass is 10.2. The van der Waals surface area contributed by atoms with Crippen molar-refractivity contribution in [1.82, 2.24) is 0 Å². The molecule has 0 amide bonds. The Hall–Kier alpha value is -1.61. The molecular formula is C15H17NOS. The van der Waals surface area contributed by atoms with Crippen molar-refractivity contribution in [1.29, 1.82) is 0 Å². The first-order valence-corrected chi connectivity index (χ1v) is 7.69. The number of benzene rings is 2. The van der Waals surface area contributed by atoms with Crippen molar-refractivity contribution >= 4 is 15.4 Å². The quantitative estimate of drug-likeness (QED) is 0.813. The summed E-state index contributed by atoms with van der Waals surface area (Å²) in [4.78, 5) is 0.805. The predicted molar refractivity (Wildman–Crippen MR) is 76.7 cm³/mol. The van der Waals surface area contributed by atoms with Crippen LogP contribution in [0.3, 0.4) is 0 Å². The smallest absolute Gasteiger partial charge is 0.0797 e. The summed E-state index contributed by atoms with van der Waals surface area (Å²) < 4.78 is 17.3. The Morgan fingerprint density at radius 2 is 1.61 bits per heavy atom. The van der Waals surface area contributed by atoms with Crippen molar-refractivity contribution in [3.05, 3.63) is 60.2 Å². The van der Waals surface area contributed by atoms with E-state index in [0.29, 0.717) is 5.75 Å². The van der Waals surface area contributed by atoms with Crippen LogP contribution in [0.5, 0.6) is 0 Å². The molecule has 0 saturated heterocycles. The van der Waals surface area contributed by atoms with Gasteiger partial charge in [0.2, 0.25) is 0 Å². The van der Waals surface area contributed by atoms with Gasteiger partial charge in [0.25, 0.3) is 0 Å². The monoisotopic (exact) mass is 259 g/mol. The highest BCUT2D eigenvalue weighted by atomic mass is 32.2. The fourth-order valence-corrected chi connectivity index (χ4v) is 3.29. The first-order valence-electron chi connectivity index (χ1n) is 6.00.